The van der Waals surface area contributed by atoms with Crippen LogP contribution in [-0.2, 0) is 9.63 Å². The summed E-state index contributed by atoms with van der Waals surface area (Å²) in [7, 11) is 1.56. The van der Waals surface area contributed by atoms with E-state index < -0.39 is 0 Å². The second kappa shape index (κ2) is 9.54. The highest BCUT2D eigenvalue weighted by Crippen LogP contribution is 2.27. The zero-order valence-corrected chi connectivity index (χ0v) is 14.7. The van der Waals surface area contributed by atoms with Gasteiger partial charge in [0.2, 0.25) is 0 Å². The van der Waals surface area contributed by atoms with Crippen LogP contribution in [0.3, 0.4) is 0 Å². The third-order valence-corrected chi connectivity index (χ3v) is 3.44. The van der Waals surface area contributed by atoms with Crippen LogP contribution in [0.15, 0.2) is 47.6 Å². The Labute approximate surface area is 151 Å². The molecule has 0 bridgehead atoms. The van der Waals surface area contributed by atoms with Crippen LogP contribution in [0.1, 0.15) is 12.5 Å². The second-order valence-electron chi connectivity index (χ2n) is 4.88. The Morgan fingerprint density at radius 2 is 2.04 bits per heavy atom. The van der Waals surface area contributed by atoms with Crippen molar-refractivity contribution in [3.05, 3.63) is 53.1 Å². The van der Waals surface area contributed by atoms with E-state index in [1.54, 1.807) is 43.5 Å². The molecular weight excluding hydrogens is 344 g/mol. The number of benzene rings is 2. The number of methoxy groups -OCH3 is 1. The Hall–Kier alpha value is -2.73. The molecule has 0 aliphatic carbocycles. The topological polar surface area (TPSA) is 69.2 Å². The Balaban J connectivity index is 1.86. The summed E-state index contributed by atoms with van der Waals surface area (Å²) in [6.07, 6.45) is 1.49. The lowest BCUT2D eigenvalue weighted by Gasteiger charge is -2.09. The molecule has 0 fully saturated rings. The molecule has 0 aliphatic rings. The molecule has 0 heterocycles. The molecule has 0 unspecified atom stereocenters. The van der Waals surface area contributed by atoms with Crippen molar-refractivity contribution in [2.24, 2.45) is 5.16 Å². The molecule has 7 heteroatoms. The Bertz CT molecular complexity index is 750. The number of hydrogen-bond donors (Lipinski definition) is 1. The van der Waals surface area contributed by atoms with Gasteiger partial charge in [0.25, 0.3) is 5.91 Å². The normalized spacial score (nSPS) is 10.5. The molecule has 2 rings (SSSR count). The number of para-hydroxylation sites is 1. The number of ether oxygens (including phenoxy) is 2. The van der Waals surface area contributed by atoms with Gasteiger partial charge in [-0.2, -0.15) is 0 Å². The summed E-state index contributed by atoms with van der Waals surface area (Å²) in [5, 5.41) is 6.88. The lowest BCUT2D eigenvalue weighted by Crippen LogP contribution is -2.17. The Kier molecular flexibility index (Phi) is 7.10. The lowest BCUT2D eigenvalue weighted by atomic mass is 10.2. The molecule has 2 aromatic carbocycles. The fraction of sp³-hybridized carbons (Fsp3) is 0.222. The predicted octanol–water partition coefficient (Wildman–Crippen LogP) is 3.74. The number of hydrogen-bond acceptors (Lipinski definition) is 5. The number of halogens is 1. The number of nitrogens with one attached hydrogen (secondary N) is 1. The van der Waals surface area contributed by atoms with Gasteiger partial charge in [0, 0.05) is 5.56 Å². The van der Waals surface area contributed by atoms with Gasteiger partial charge in [0.15, 0.2) is 18.1 Å². The minimum atomic E-state index is -0.352. The molecular formula is C18H19ClN2O4. The maximum absolute atomic E-state index is 11.8. The SMILES string of the molecule is CCOc1ccc(/C=N/OCC(=O)Nc2ccccc2Cl)cc1OC. The van der Waals surface area contributed by atoms with Crippen LogP contribution in [0.4, 0.5) is 5.69 Å². The van der Waals surface area contributed by atoms with E-state index in [4.69, 9.17) is 25.9 Å². The molecule has 25 heavy (non-hydrogen) atoms. The van der Waals surface area contributed by atoms with Gasteiger partial charge in [-0.3, -0.25) is 4.79 Å². The van der Waals surface area contributed by atoms with Crippen LogP contribution in [-0.4, -0.2) is 32.4 Å². The number of carbonyl (C=O) groups is 1. The average Bonchev–Trinajstić information content (AvgIpc) is 2.62. The highest BCUT2D eigenvalue weighted by atomic mass is 35.5. The van der Waals surface area contributed by atoms with E-state index in [-0.39, 0.29) is 12.5 Å². The Morgan fingerprint density at radius 1 is 1.24 bits per heavy atom. The van der Waals surface area contributed by atoms with Crippen LogP contribution >= 0.6 is 11.6 Å². The number of nitrogens with zero attached hydrogens (tertiary/aromatic N) is 1. The van der Waals surface area contributed by atoms with E-state index in [0.717, 1.165) is 5.56 Å². The van der Waals surface area contributed by atoms with E-state index in [2.05, 4.69) is 10.5 Å². The van der Waals surface area contributed by atoms with Crippen LogP contribution in [0.2, 0.25) is 5.02 Å². The van der Waals surface area contributed by atoms with Crippen molar-refractivity contribution in [1.82, 2.24) is 0 Å². The molecule has 6 nitrogen and oxygen atoms in total. The number of carbonyl (C=O) groups excluding carboxylic acids is 1. The quantitative estimate of drug-likeness (QED) is 0.573. The number of amides is 1. The molecule has 0 saturated heterocycles. The zero-order chi connectivity index (χ0) is 18.1. The van der Waals surface area contributed by atoms with Gasteiger partial charge in [-0.15, -0.1) is 0 Å². The largest absolute Gasteiger partial charge is 0.493 e. The molecule has 132 valence electrons. The average molecular weight is 363 g/mol. The first-order chi connectivity index (χ1) is 12.1. The third kappa shape index (κ3) is 5.69. The number of oxime groups is 1. The summed E-state index contributed by atoms with van der Waals surface area (Å²) in [6.45, 7) is 2.22. The molecule has 0 saturated carbocycles. The summed E-state index contributed by atoms with van der Waals surface area (Å²) >= 11 is 5.97. The van der Waals surface area contributed by atoms with Gasteiger partial charge in [-0.25, -0.2) is 0 Å². The zero-order valence-electron chi connectivity index (χ0n) is 14.0. The molecule has 0 spiro atoms. The first-order valence-corrected chi connectivity index (χ1v) is 8.02. The van der Waals surface area contributed by atoms with Gasteiger partial charge >= 0.3 is 0 Å². The van der Waals surface area contributed by atoms with Gasteiger partial charge < -0.3 is 19.6 Å². The summed E-state index contributed by atoms with van der Waals surface area (Å²) < 4.78 is 10.7. The molecule has 1 N–H and O–H groups in total. The maximum Gasteiger partial charge on any atom is 0.265 e. The maximum atomic E-state index is 11.8. The smallest absolute Gasteiger partial charge is 0.265 e. The van der Waals surface area contributed by atoms with E-state index in [1.807, 2.05) is 13.0 Å². The van der Waals surface area contributed by atoms with E-state index >= 15 is 0 Å². The number of rotatable bonds is 8. The summed E-state index contributed by atoms with van der Waals surface area (Å²) in [4.78, 5) is 16.8. The van der Waals surface area contributed by atoms with Crippen molar-refractivity contribution in [3.63, 3.8) is 0 Å². The van der Waals surface area contributed by atoms with Gasteiger partial charge in [0.05, 0.1) is 30.6 Å². The van der Waals surface area contributed by atoms with Crippen LogP contribution in [0.5, 0.6) is 11.5 Å². The van der Waals surface area contributed by atoms with Crippen LogP contribution in [0.25, 0.3) is 0 Å². The molecule has 1 amide bonds. The van der Waals surface area contributed by atoms with Gasteiger partial charge in [-0.05, 0) is 37.3 Å². The highest BCUT2D eigenvalue weighted by Gasteiger charge is 2.06. The minimum absolute atomic E-state index is 0.226. The third-order valence-electron chi connectivity index (χ3n) is 3.11. The van der Waals surface area contributed by atoms with E-state index in [0.29, 0.717) is 28.8 Å². The first-order valence-electron chi connectivity index (χ1n) is 7.64. The van der Waals surface area contributed by atoms with Crippen molar-refractivity contribution in [1.29, 1.82) is 0 Å². The summed E-state index contributed by atoms with van der Waals surface area (Å²) in [6, 6.07) is 12.3. The monoisotopic (exact) mass is 362 g/mol. The number of anilines is 1. The molecule has 2 aromatic rings. The fourth-order valence-electron chi connectivity index (χ4n) is 1.98. The van der Waals surface area contributed by atoms with Crippen molar-refractivity contribution in [2.45, 2.75) is 6.92 Å². The van der Waals surface area contributed by atoms with E-state index in [1.165, 1.54) is 6.21 Å². The summed E-state index contributed by atoms with van der Waals surface area (Å²) in [5.41, 5.74) is 1.28. The van der Waals surface area contributed by atoms with Gasteiger partial charge in [0.1, 0.15) is 0 Å². The Morgan fingerprint density at radius 3 is 2.76 bits per heavy atom. The fourth-order valence-corrected chi connectivity index (χ4v) is 2.17. The standard InChI is InChI=1S/C18H19ClN2O4/c1-3-24-16-9-8-13(10-17(16)23-2)11-20-25-12-18(22)21-15-7-5-4-6-14(15)19/h4-11H,3,12H2,1-2H3,(H,21,22)/b20-11+. The van der Waals surface area contributed by atoms with E-state index in [9.17, 15) is 4.79 Å². The predicted molar refractivity (Wildman–Crippen MR) is 97.8 cm³/mol. The van der Waals surface area contributed by atoms with Crippen molar-refractivity contribution < 1.29 is 19.1 Å². The summed E-state index contributed by atoms with van der Waals surface area (Å²) in [5.74, 6) is 0.902. The highest BCUT2D eigenvalue weighted by molar-refractivity contribution is 6.33. The van der Waals surface area contributed by atoms with Crippen LogP contribution < -0.4 is 14.8 Å². The van der Waals surface area contributed by atoms with Crippen molar-refractivity contribution in [3.8, 4) is 11.5 Å². The molecule has 0 atom stereocenters. The van der Waals surface area contributed by atoms with Gasteiger partial charge in [-0.1, -0.05) is 28.9 Å². The molecule has 0 radical (unpaired) electrons. The second-order valence-corrected chi connectivity index (χ2v) is 5.29. The van der Waals surface area contributed by atoms with Crippen molar-refractivity contribution in [2.75, 3.05) is 25.6 Å². The minimum Gasteiger partial charge on any atom is -0.493 e. The van der Waals surface area contributed by atoms with Crippen molar-refractivity contribution >= 4 is 29.4 Å². The van der Waals surface area contributed by atoms with Crippen LogP contribution in [0, 0.1) is 0 Å². The first kappa shape index (κ1) is 18.6. The molecule has 0 aromatic heterocycles. The molecule has 0 aliphatic heterocycles. The lowest BCUT2D eigenvalue weighted by molar-refractivity contribution is -0.120.